The van der Waals surface area contributed by atoms with Gasteiger partial charge in [-0.25, -0.2) is 4.79 Å². The second-order valence-electron chi connectivity index (χ2n) is 6.72. The first-order valence-electron chi connectivity index (χ1n) is 7.82. The minimum Gasteiger partial charge on any atom is -0.323 e. The molecular weight excluding hydrogens is 294 g/mol. The van der Waals surface area contributed by atoms with E-state index in [1.54, 1.807) is 15.6 Å². The molecule has 8 nitrogen and oxygen atoms in total. The van der Waals surface area contributed by atoms with E-state index < -0.39 is 0 Å². The number of rotatable bonds is 2. The van der Waals surface area contributed by atoms with Crippen LogP contribution in [0.25, 0.3) is 11.3 Å². The van der Waals surface area contributed by atoms with Crippen molar-refractivity contribution in [1.82, 2.24) is 24.5 Å². The van der Waals surface area contributed by atoms with Crippen molar-refractivity contribution in [3.05, 3.63) is 18.5 Å². The van der Waals surface area contributed by atoms with Crippen LogP contribution in [0, 0.1) is 5.92 Å². The third kappa shape index (κ3) is 2.29. The second kappa shape index (κ2) is 4.82. The van der Waals surface area contributed by atoms with Crippen molar-refractivity contribution >= 4 is 11.8 Å². The molecule has 1 aliphatic heterocycles. The highest BCUT2D eigenvalue weighted by atomic mass is 16.2. The van der Waals surface area contributed by atoms with Gasteiger partial charge in [-0.1, -0.05) is 0 Å². The molecule has 3 heterocycles. The molecule has 8 heteroatoms. The molecule has 0 bridgehead atoms. The standard InChI is InChI=1S/C15H21N7O/c1-20-7-10(6-17-20)12-5-13(21(2)19-12)18-14(23)22-8-11-3-4-15(11,16)9-22/h5-7,11H,3-4,8-9,16H2,1-2H3,(H,18,23)/t11-,15-/m0/s1. The number of nitrogens with one attached hydrogen (secondary N) is 1. The van der Waals surface area contributed by atoms with Crippen LogP contribution in [0.2, 0.25) is 0 Å². The Balaban J connectivity index is 1.49. The summed E-state index contributed by atoms with van der Waals surface area (Å²) >= 11 is 0. The van der Waals surface area contributed by atoms with Gasteiger partial charge in [0.15, 0.2) is 0 Å². The van der Waals surface area contributed by atoms with E-state index in [1.807, 2.05) is 31.3 Å². The van der Waals surface area contributed by atoms with Crippen LogP contribution < -0.4 is 11.1 Å². The molecular formula is C15H21N7O. The number of aromatic nitrogens is 4. The number of carbonyl (C=O) groups excluding carboxylic acids is 1. The van der Waals surface area contributed by atoms with Crippen molar-refractivity contribution in [2.75, 3.05) is 18.4 Å². The molecule has 1 aliphatic carbocycles. The molecule has 2 aliphatic rings. The first-order chi connectivity index (χ1) is 10.9. The molecule has 0 spiro atoms. The number of likely N-dealkylation sites (tertiary alicyclic amines) is 1. The fourth-order valence-corrected chi connectivity index (χ4v) is 3.51. The van der Waals surface area contributed by atoms with Gasteiger partial charge in [-0.05, 0) is 18.8 Å². The van der Waals surface area contributed by atoms with E-state index in [0.717, 1.165) is 30.6 Å². The van der Waals surface area contributed by atoms with Crippen molar-refractivity contribution in [2.45, 2.75) is 18.4 Å². The zero-order valence-corrected chi connectivity index (χ0v) is 13.4. The van der Waals surface area contributed by atoms with E-state index >= 15 is 0 Å². The topological polar surface area (TPSA) is 94.0 Å². The van der Waals surface area contributed by atoms with Crippen LogP contribution in [-0.2, 0) is 14.1 Å². The van der Waals surface area contributed by atoms with Gasteiger partial charge in [-0.2, -0.15) is 10.2 Å². The second-order valence-corrected chi connectivity index (χ2v) is 6.72. The lowest BCUT2D eigenvalue weighted by molar-refractivity contribution is 0.188. The van der Waals surface area contributed by atoms with E-state index in [4.69, 9.17) is 5.73 Å². The molecule has 23 heavy (non-hydrogen) atoms. The van der Waals surface area contributed by atoms with E-state index in [1.165, 1.54) is 0 Å². The summed E-state index contributed by atoms with van der Waals surface area (Å²) in [6, 6.07) is 1.75. The highest BCUT2D eigenvalue weighted by Crippen LogP contribution is 2.42. The Kier molecular flexibility index (Phi) is 2.99. The van der Waals surface area contributed by atoms with Crippen LogP contribution in [0.1, 0.15) is 12.8 Å². The van der Waals surface area contributed by atoms with Gasteiger partial charge in [-0.3, -0.25) is 14.7 Å². The van der Waals surface area contributed by atoms with E-state index in [0.29, 0.717) is 18.3 Å². The van der Waals surface area contributed by atoms with Crippen LogP contribution in [-0.4, -0.2) is 49.1 Å². The molecule has 122 valence electrons. The quantitative estimate of drug-likeness (QED) is 0.856. The molecule has 0 unspecified atom stereocenters. The van der Waals surface area contributed by atoms with Gasteiger partial charge in [0.1, 0.15) is 5.82 Å². The lowest BCUT2D eigenvalue weighted by atomic mass is 9.70. The Morgan fingerprint density at radius 2 is 2.30 bits per heavy atom. The van der Waals surface area contributed by atoms with Crippen molar-refractivity contribution in [3.63, 3.8) is 0 Å². The van der Waals surface area contributed by atoms with E-state index in [9.17, 15) is 4.79 Å². The Morgan fingerprint density at radius 3 is 2.87 bits per heavy atom. The third-order valence-electron chi connectivity index (χ3n) is 5.10. The summed E-state index contributed by atoms with van der Waals surface area (Å²) in [5.41, 5.74) is 7.84. The molecule has 0 radical (unpaired) electrons. The molecule has 0 aromatic carbocycles. The molecule has 1 saturated heterocycles. The average molecular weight is 315 g/mol. The normalized spacial score (nSPS) is 26.0. The Bertz CT molecular complexity index is 764. The predicted octanol–water partition coefficient (Wildman–Crippen LogP) is 0.776. The maximum Gasteiger partial charge on any atom is 0.323 e. The molecule has 1 saturated carbocycles. The van der Waals surface area contributed by atoms with Crippen LogP contribution in [0.15, 0.2) is 18.5 Å². The summed E-state index contributed by atoms with van der Waals surface area (Å²) in [7, 11) is 3.67. The fraction of sp³-hybridized carbons (Fsp3) is 0.533. The number of amides is 2. The predicted molar refractivity (Wildman–Crippen MR) is 85.6 cm³/mol. The molecule has 2 fully saturated rings. The zero-order chi connectivity index (χ0) is 16.2. The molecule has 2 amide bonds. The van der Waals surface area contributed by atoms with Crippen molar-refractivity contribution in [1.29, 1.82) is 0 Å². The summed E-state index contributed by atoms with van der Waals surface area (Å²) in [5, 5.41) is 11.5. The highest BCUT2D eigenvalue weighted by molar-refractivity contribution is 5.89. The molecule has 3 N–H and O–H groups in total. The van der Waals surface area contributed by atoms with E-state index in [2.05, 4.69) is 15.5 Å². The number of urea groups is 1. The maximum atomic E-state index is 12.5. The van der Waals surface area contributed by atoms with Crippen molar-refractivity contribution in [2.24, 2.45) is 25.7 Å². The van der Waals surface area contributed by atoms with Crippen molar-refractivity contribution in [3.8, 4) is 11.3 Å². The number of anilines is 1. The van der Waals surface area contributed by atoms with Crippen LogP contribution in [0.4, 0.5) is 10.6 Å². The molecule has 4 rings (SSSR count). The van der Waals surface area contributed by atoms with Crippen LogP contribution in [0.3, 0.4) is 0 Å². The summed E-state index contributed by atoms with van der Waals surface area (Å²) in [6.45, 7) is 1.38. The average Bonchev–Trinajstić information content (AvgIpc) is 3.13. The monoisotopic (exact) mass is 315 g/mol. The Hall–Kier alpha value is -2.35. The third-order valence-corrected chi connectivity index (χ3v) is 5.10. The Labute approximate surface area is 134 Å². The number of fused-ring (bicyclic) bond motifs is 1. The highest BCUT2D eigenvalue weighted by Gasteiger charge is 2.51. The van der Waals surface area contributed by atoms with E-state index in [-0.39, 0.29) is 11.6 Å². The van der Waals surface area contributed by atoms with Gasteiger partial charge in [0, 0.05) is 50.6 Å². The largest absolute Gasteiger partial charge is 0.323 e. The smallest absolute Gasteiger partial charge is 0.323 e. The zero-order valence-electron chi connectivity index (χ0n) is 13.4. The number of hydrogen-bond donors (Lipinski definition) is 2. The summed E-state index contributed by atoms with van der Waals surface area (Å²) < 4.78 is 3.39. The number of aryl methyl sites for hydroxylation is 2. The van der Waals surface area contributed by atoms with Gasteiger partial charge >= 0.3 is 6.03 Å². The molecule has 2 atom stereocenters. The van der Waals surface area contributed by atoms with Crippen LogP contribution in [0.5, 0.6) is 0 Å². The number of nitrogens with zero attached hydrogens (tertiary/aromatic N) is 5. The fourth-order valence-electron chi connectivity index (χ4n) is 3.51. The minimum absolute atomic E-state index is 0.107. The summed E-state index contributed by atoms with van der Waals surface area (Å²) in [4.78, 5) is 14.3. The Morgan fingerprint density at radius 1 is 1.48 bits per heavy atom. The van der Waals surface area contributed by atoms with Crippen molar-refractivity contribution < 1.29 is 4.79 Å². The van der Waals surface area contributed by atoms with Gasteiger partial charge in [0.05, 0.1) is 11.9 Å². The maximum absolute atomic E-state index is 12.5. The van der Waals surface area contributed by atoms with Crippen LogP contribution >= 0.6 is 0 Å². The summed E-state index contributed by atoms with van der Waals surface area (Å²) in [6.07, 6.45) is 5.78. The lowest BCUT2D eigenvalue weighted by Crippen LogP contribution is -2.54. The molecule has 2 aromatic rings. The molecule has 2 aromatic heterocycles. The van der Waals surface area contributed by atoms with Gasteiger partial charge in [-0.15, -0.1) is 0 Å². The number of nitrogens with two attached hydrogens (primary N) is 1. The number of hydrogen-bond acceptors (Lipinski definition) is 4. The SMILES string of the molecule is Cn1cc(-c2cc(NC(=O)N3C[C@@H]4CC[C@]4(N)C3)n(C)n2)cn1. The lowest BCUT2D eigenvalue weighted by Gasteiger charge is -2.39. The minimum atomic E-state index is -0.162. The first-order valence-corrected chi connectivity index (χ1v) is 7.82. The van der Waals surface area contributed by atoms with Gasteiger partial charge in [0.2, 0.25) is 0 Å². The summed E-state index contributed by atoms with van der Waals surface area (Å²) in [5.74, 6) is 1.12. The van der Waals surface area contributed by atoms with Gasteiger partial charge in [0.25, 0.3) is 0 Å². The van der Waals surface area contributed by atoms with Gasteiger partial charge < -0.3 is 10.6 Å². The first kappa shape index (κ1) is 14.3. The number of carbonyl (C=O) groups is 1.